The fraction of sp³-hybridized carbons (Fsp3) is 0.167. The van der Waals surface area contributed by atoms with Crippen LogP contribution in [-0.2, 0) is 9.59 Å². The Labute approximate surface area is 164 Å². The highest BCUT2D eigenvalue weighted by atomic mass is 16.5. The van der Waals surface area contributed by atoms with Crippen molar-refractivity contribution in [1.82, 2.24) is 0 Å². The predicted octanol–water partition coefficient (Wildman–Crippen LogP) is 5.49. The molecule has 0 aliphatic carbocycles. The van der Waals surface area contributed by atoms with Crippen LogP contribution in [0, 0.1) is 13.8 Å². The van der Waals surface area contributed by atoms with Crippen LogP contribution >= 0.6 is 0 Å². The van der Waals surface area contributed by atoms with E-state index in [9.17, 15) is 9.59 Å². The number of rotatable bonds is 4. The van der Waals surface area contributed by atoms with Gasteiger partial charge in [-0.15, -0.1) is 0 Å². The fourth-order valence-electron chi connectivity index (χ4n) is 2.96. The molecule has 0 aliphatic rings. The second-order valence-corrected chi connectivity index (χ2v) is 6.76. The Morgan fingerprint density at radius 1 is 0.607 bits per heavy atom. The van der Waals surface area contributed by atoms with E-state index in [0.29, 0.717) is 22.6 Å². The summed E-state index contributed by atoms with van der Waals surface area (Å²) >= 11 is 0. The molecule has 3 aromatic carbocycles. The summed E-state index contributed by atoms with van der Waals surface area (Å²) in [6.07, 6.45) is 0. The Morgan fingerprint density at radius 3 is 1.21 bits per heavy atom. The molecule has 0 N–H and O–H groups in total. The Hall–Kier alpha value is -3.40. The summed E-state index contributed by atoms with van der Waals surface area (Å²) in [5, 5.41) is 0. The largest absolute Gasteiger partial charge is 0.426 e. The highest BCUT2D eigenvalue weighted by Gasteiger charge is 2.17. The maximum Gasteiger partial charge on any atom is 0.308 e. The molecule has 3 rings (SSSR count). The van der Waals surface area contributed by atoms with Gasteiger partial charge in [-0.1, -0.05) is 59.7 Å². The maximum atomic E-state index is 11.7. The predicted molar refractivity (Wildman–Crippen MR) is 109 cm³/mol. The Bertz CT molecular complexity index is 930. The van der Waals surface area contributed by atoms with Gasteiger partial charge in [-0.2, -0.15) is 0 Å². The van der Waals surface area contributed by atoms with Crippen molar-refractivity contribution in [1.29, 1.82) is 0 Å². The molecule has 0 amide bonds. The van der Waals surface area contributed by atoms with Gasteiger partial charge in [0.15, 0.2) is 0 Å². The number of hydrogen-bond acceptors (Lipinski definition) is 4. The third kappa shape index (κ3) is 4.46. The van der Waals surface area contributed by atoms with Crippen molar-refractivity contribution in [2.45, 2.75) is 27.7 Å². The number of carbonyl (C=O) groups excluding carboxylic acids is 2. The van der Waals surface area contributed by atoms with Gasteiger partial charge in [0.05, 0.1) is 0 Å². The molecule has 0 bridgehead atoms. The second-order valence-electron chi connectivity index (χ2n) is 6.76. The lowest BCUT2D eigenvalue weighted by molar-refractivity contribution is -0.133. The molecule has 0 aliphatic heterocycles. The van der Waals surface area contributed by atoms with Crippen molar-refractivity contribution >= 4 is 11.9 Å². The Balaban J connectivity index is 2.24. The van der Waals surface area contributed by atoms with Gasteiger partial charge in [-0.05, 0) is 37.1 Å². The average molecular weight is 374 g/mol. The highest BCUT2D eigenvalue weighted by molar-refractivity contribution is 5.85. The molecule has 4 heteroatoms. The van der Waals surface area contributed by atoms with E-state index >= 15 is 0 Å². The molecule has 3 aromatic rings. The van der Waals surface area contributed by atoms with Gasteiger partial charge in [-0.25, -0.2) is 0 Å². The summed E-state index contributed by atoms with van der Waals surface area (Å²) in [5.41, 5.74) is 5.34. The van der Waals surface area contributed by atoms with E-state index in [0.717, 1.165) is 22.3 Å². The monoisotopic (exact) mass is 374 g/mol. The minimum absolute atomic E-state index is 0.413. The Kier molecular flexibility index (Phi) is 5.59. The molecule has 0 spiro atoms. The van der Waals surface area contributed by atoms with Crippen molar-refractivity contribution < 1.29 is 19.1 Å². The molecule has 0 atom stereocenters. The first-order valence-electron chi connectivity index (χ1n) is 9.02. The van der Waals surface area contributed by atoms with Crippen LogP contribution in [-0.4, -0.2) is 11.9 Å². The number of ether oxygens (including phenoxy) is 2. The van der Waals surface area contributed by atoms with Gasteiger partial charge in [0.25, 0.3) is 0 Å². The van der Waals surface area contributed by atoms with Crippen LogP contribution in [0.5, 0.6) is 11.5 Å². The Morgan fingerprint density at radius 2 is 0.929 bits per heavy atom. The van der Waals surface area contributed by atoms with Crippen LogP contribution in [0.1, 0.15) is 25.0 Å². The minimum atomic E-state index is -0.413. The van der Waals surface area contributed by atoms with Crippen LogP contribution in [0.25, 0.3) is 22.3 Å². The molecule has 28 heavy (non-hydrogen) atoms. The summed E-state index contributed by atoms with van der Waals surface area (Å²) in [7, 11) is 0. The van der Waals surface area contributed by atoms with Crippen molar-refractivity contribution in [3.8, 4) is 33.8 Å². The number of esters is 2. The van der Waals surface area contributed by atoms with E-state index in [-0.39, 0.29) is 0 Å². The summed E-state index contributed by atoms with van der Waals surface area (Å²) < 4.78 is 11.0. The molecule has 0 heterocycles. The highest BCUT2D eigenvalue weighted by Crippen LogP contribution is 2.41. The molecule has 0 fully saturated rings. The van der Waals surface area contributed by atoms with Gasteiger partial charge in [0.2, 0.25) is 0 Å². The molecule has 0 unspecified atom stereocenters. The lowest BCUT2D eigenvalue weighted by Crippen LogP contribution is -2.06. The third-order valence-corrected chi connectivity index (χ3v) is 4.31. The minimum Gasteiger partial charge on any atom is -0.426 e. The maximum absolute atomic E-state index is 11.7. The lowest BCUT2D eigenvalue weighted by Gasteiger charge is -2.16. The first kappa shape index (κ1) is 19.4. The average Bonchev–Trinajstić information content (AvgIpc) is 2.63. The van der Waals surface area contributed by atoms with Gasteiger partial charge in [-0.3, -0.25) is 9.59 Å². The summed E-state index contributed by atoms with van der Waals surface area (Å²) in [6, 6.07) is 19.2. The summed E-state index contributed by atoms with van der Waals surface area (Å²) in [4.78, 5) is 23.4. The van der Waals surface area contributed by atoms with Crippen molar-refractivity contribution in [3.05, 3.63) is 71.8 Å². The van der Waals surface area contributed by atoms with E-state index in [1.54, 1.807) is 12.1 Å². The van der Waals surface area contributed by atoms with E-state index in [1.807, 2.05) is 62.4 Å². The van der Waals surface area contributed by atoms with Gasteiger partial charge >= 0.3 is 11.9 Å². The number of aryl methyl sites for hydroxylation is 2. The topological polar surface area (TPSA) is 52.6 Å². The summed E-state index contributed by atoms with van der Waals surface area (Å²) in [5.74, 6) is 0.0116. The van der Waals surface area contributed by atoms with Crippen LogP contribution in [0.4, 0.5) is 0 Å². The number of hydrogen-bond donors (Lipinski definition) is 0. The molecule has 4 nitrogen and oxygen atoms in total. The molecule has 0 saturated carbocycles. The van der Waals surface area contributed by atoms with Crippen LogP contribution in [0.3, 0.4) is 0 Å². The quantitative estimate of drug-likeness (QED) is 0.448. The van der Waals surface area contributed by atoms with Crippen molar-refractivity contribution in [2.75, 3.05) is 0 Å². The fourth-order valence-corrected chi connectivity index (χ4v) is 2.96. The second kappa shape index (κ2) is 8.09. The van der Waals surface area contributed by atoms with Crippen molar-refractivity contribution in [2.24, 2.45) is 0 Å². The zero-order valence-electron chi connectivity index (χ0n) is 16.4. The van der Waals surface area contributed by atoms with Gasteiger partial charge in [0, 0.05) is 25.0 Å². The third-order valence-electron chi connectivity index (χ3n) is 4.31. The molecule has 0 aromatic heterocycles. The van der Waals surface area contributed by atoms with E-state index in [4.69, 9.17) is 9.47 Å². The van der Waals surface area contributed by atoms with Gasteiger partial charge < -0.3 is 9.47 Å². The first-order valence-corrected chi connectivity index (χ1v) is 9.02. The van der Waals surface area contributed by atoms with Crippen LogP contribution < -0.4 is 9.47 Å². The SMILES string of the molecule is CC(=O)Oc1cc(-c2ccc(C)cc2)c(OC(C)=O)cc1-c1ccc(C)cc1. The lowest BCUT2D eigenvalue weighted by atomic mass is 9.97. The van der Waals surface area contributed by atoms with Crippen molar-refractivity contribution in [3.63, 3.8) is 0 Å². The van der Waals surface area contributed by atoms with Crippen LogP contribution in [0.2, 0.25) is 0 Å². The van der Waals surface area contributed by atoms with E-state index in [2.05, 4.69) is 0 Å². The molecular weight excluding hydrogens is 352 g/mol. The molecular formula is C24H22O4. The zero-order chi connectivity index (χ0) is 20.3. The van der Waals surface area contributed by atoms with Gasteiger partial charge in [0.1, 0.15) is 11.5 Å². The summed E-state index contributed by atoms with van der Waals surface area (Å²) in [6.45, 7) is 6.73. The number of benzene rings is 3. The molecule has 142 valence electrons. The van der Waals surface area contributed by atoms with E-state index in [1.165, 1.54) is 13.8 Å². The number of carbonyl (C=O) groups is 2. The first-order chi connectivity index (χ1) is 13.3. The molecule has 0 saturated heterocycles. The standard InChI is InChI=1S/C24H22O4/c1-15-5-9-19(10-6-15)21-13-24(28-18(4)26)22(14-23(21)27-17(3)25)20-11-7-16(2)8-12-20/h5-14H,1-4H3. The smallest absolute Gasteiger partial charge is 0.308 e. The zero-order valence-corrected chi connectivity index (χ0v) is 16.4. The normalized spacial score (nSPS) is 10.4. The molecule has 0 radical (unpaired) electrons. The van der Waals surface area contributed by atoms with E-state index < -0.39 is 11.9 Å². The van der Waals surface area contributed by atoms with Crippen LogP contribution in [0.15, 0.2) is 60.7 Å².